The van der Waals surface area contributed by atoms with Gasteiger partial charge in [-0.05, 0) is 13.3 Å². The molecule has 0 saturated heterocycles. The molecule has 1 aromatic heterocycles. The number of aliphatic hydroxyl groups excluding tert-OH is 1. The van der Waals surface area contributed by atoms with Crippen LogP contribution in [0.5, 0.6) is 0 Å². The quantitative estimate of drug-likeness (QED) is 0.820. The number of anilines is 1. The Bertz CT molecular complexity index is 465. The van der Waals surface area contributed by atoms with Crippen LogP contribution in [0.1, 0.15) is 13.3 Å². The van der Waals surface area contributed by atoms with E-state index in [2.05, 4.69) is 15.5 Å². The minimum atomic E-state index is -0.296. The van der Waals surface area contributed by atoms with E-state index in [1.165, 1.54) is 0 Å². The molecule has 0 saturated carbocycles. The van der Waals surface area contributed by atoms with E-state index in [4.69, 9.17) is 5.11 Å². The number of hydrogen-bond acceptors (Lipinski definition) is 4. The van der Waals surface area contributed by atoms with Crippen molar-refractivity contribution >= 4 is 16.6 Å². The van der Waals surface area contributed by atoms with Crippen LogP contribution in [0.3, 0.4) is 0 Å². The molecule has 0 bridgehead atoms. The predicted octanol–water partition coefficient (Wildman–Crippen LogP) is 1.81. The largest absolute Gasteiger partial charge is 0.393 e. The van der Waals surface area contributed by atoms with E-state index < -0.39 is 0 Å². The van der Waals surface area contributed by atoms with E-state index in [-0.39, 0.29) is 6.10 Å². The molecule has 4 nitrogen and oxygen atoms in total. The summed E-state index contributed by atoms with van der Waals surface area (Å²) >= 11 is 0. The first-order valence-corrected chi connectivity index (χ1v) is 5.40. The molecule has 2 N–H and O–H groups in total. The Morgan fingerprint density at radius 1 is 1.38 bits per heavy atom. The van der Waals surface area contributed by atoms with E-state index in [1.54, 1.807) is 13.1 Å². The van der Waals surface area contributed by atoms with Gasteiger partial charge in [-0.1, -0.05) is 24.3 Å². The molecule has 0 spiro atoms. The molecule has 1 heterocycles. The number of fused-ring (bicyclic) bond motifs is 1. The Hall–Kier alpha value is -1.68. The normalized spacial score (nSPS) is 12.6. The van der Waals surface area contributed by atoms with Gasteiger partial charge in [0.05, 0.1) is 12.3 Å². The van der Waals surface area contributed by atoms with Gasteiger partial charge in [-0.15, -0.1) is 5.10 Å². The van der Waals surface area contributed by atoms with Crippen molar-refractivity contribution in [2.45, 2.75) is 19.4 Å². The van der Waals surface area contributed by atoms with Crippen molar-refractivity contribution in [3.05, 3.63) is 30.5 Å². The first kappa shape index (κ1) is 10.8. The third kappa shape index (κ3) is 2.46. The Kier molecular flexibility index (Phi) is 3.31. The fourth-order valence-corrected chi connectivity index (χ4v) is 1.56. The summed E-state index contributed by atoms with van der Waals surface area (Å²) in [4.78, 5) is 0. The maximum atomic E-state index is 9.17. The molecule has 0 aliphatic rings. The van der Waals surface area contributed by atoms with Crippen LogP contribution >= 0.6 is 0 Å². The highest BCUT2D eigenvalue weighted by atomic mass is 16.3. The highest BCUT2D eigenvalue weighted by Gasteiger charge is 2.02. The summed E-state index contributed by atoms with van der Waals surface area (Å²) in [5, 5.41) is 22.5. The number of nitrogens with one attached hydrogen (secondary N) is 1. The third-order valence-electron chi connectivity index (χ3n) is 2.43. The van der Waals surface area contributed by atoms with Crippen LogP contribution in [-0.4, -0.2) is 28.0 Å². The smallest absolute Gasteiger partial charge is 0.156 e. The van der Waals surface area contributed by atoms with Gasteiger partial charge in [-0.3, -0.25) is 0 Å². The maximum absolute atomic E-state index is 9.17. The van der Waals surface area contributed by atoms with Gasteiger partial charge in [0.1, 0.15) is 0 Å². The van der Waals surface area contributed by atoms with Gasteiger partial charge in [0, 0.05) is 17.3 Å². The van der Waals surface area contributed by atoms with Crippen molar-refractivity contribution in [1.82, 2.24) is 10.2 Å². The van der Waals surface area contributed by atoms with Crippen LogP contribution in [-0.2, 0) is 0 Å². The Morgan fingerprint density at radius 2 is 2.19 bits per heavy atom. The zero-order chi connectivity index (χ0) is 11.4. The molecule has 2 rings (SSSR count). The van der Waals surface area contributed by atoms with Crippen LogP contribution < -0.4 is 5.32 Å². The summed E-state index contributed by atoms with van der Waals surface area (Å²) < 4.78 is 0. The number of hydrogen-bond donors (Lipinski definition) is 2. The molecule has 1 aromatic carbocycles. The third-order valence-corrected chi connectivity index (χ3v) is 2.43. The molecular weight excluding hydrogens is 202 g/mol. The lowest BCUT2D eigenvalue weighted by Gasteiger charge is -2.08. The molecule has 1 unspecified atom stereocenters. The van der Waals surface area contributed by atoms with Gasteiger partial charge in [-0.2, -0.15) is 5.10 Å². The average molecular weight is 217 g/mol. The average Bonchev–Trinajstić information content (AvgIpc) is 2.29. The van der Waals surface area contributed by atoms with Gasteiger partial charge in [0.2, 0.25) is 0 Å². The van der Waals surface area contributed by atoms with Gasteiger partial charge in [0.15, 0.2) is 5.82 Å². The SMILES string of the molecule is CC(O)CCNc1nncc2ccccc12. The highest BCUT2D eigenvalue weighted by molar-refractivity contribution is 5.90. The molecule has 0 radical (unpaired) electrons. The number of aliphatic hydroxyl groups is 1. The van der Waals surface area contributed by atoms with Gasteiger partial charge < -0.3 is 10.4 Å². The monoisotopic (exact) mass is 217 g/mol. The van der Waals surface area contributed by atoms with Crippen molar-refractivity contribution < 1.29 is 5.11 Å². The zero-order valence-corrected chi connectivity index (χ0v) is 9.22. The first-order chi connectivity index (χ1) is 7.77. The van der Waals surface area contributed by atoms with Gasteiger partial charge in [0.25, 0.3) is 0 Å². The van der Waals surface area contributed by atoms with Crippen molar-refractivity contribution in [2.75, 3.05) is 11.9 Å². The van der Waals surface area contributed by atoms with E-state index in [0.717, 1.165) is 16.6 Å². The van der Waals surface area contributed by atoms with Gasteiger partial charge >= 0.3 is 0 Å². The molecule has 84 valence electrons. The summed E-state index contributed by atoms with van der Waals surface area (Å²) in [5.41, 5.74) is 0. The molecule has 0 aliphatic carbocycles. The molecule has 0 aliphatic heterocycles. The number of benzene rings is 1. The van der Waals surface area contributed by atoms with Crippen molar-refractivity contribution in [1.29, 1.82) is 0 Å². The standard InChI is InChI=1S/C12H15N3O/c1-9(16)6-7-13-12-11-5-3-2-4-10(11)8-14-15-12/h2-5,8-9,16H,6-7H2,1H3,(H,13,15). The van der Waals surface area contributed by atoms with Crippen LogP contribution in [0.2, 0.25) is 0 Å². The maximum Gasteiger partial charge on any atom is 0.156 e. The lowest BCUT2D eigenvalue weighted by atomic mass is 10.2. The summed E-state index contributed by atoms with van der Waals surface area (Å²) in [5.74, 6) is 0.777. The molecule has 0 fully saturated rings. The molecule has 1 atom stereocenters. The fraction of sp³-hybridized carbons (Fsp3) is 0.333. The first-order valence-electron chi connectivity index (χ1n) is 5.40. The van der Waals surface area contributed by atoms with Crippen LogP contribution in [0.25, 0.3) is 10.8 Å². The Balaban J connectivity index is 2.17. The van der Waals surface area contributed by atoms with E-state index in [1.807, 2.05) is 24.3 Å². The van der Waals surface area contributed by atoms with E-state index >= 15 is 0 Å². The second kappa shape index (κ2) is 4.90. The number of rotatable bonds is 4. The highest BCUT2D eigenvalue weighted by Crippen LogP contribution is 2.18. The summed E-state index contributed by atoms with van der Waals surface area (Å²) in [6.45, 7) is 2.47. The zero-order valence-electron chi connectivity index (χ0n) is 9.22. The molecule has 4 heteroatoms. The second-order valence-corrected chi connectivity index (χ2v) is 3.84. The Morgan fingerprint density at radius 3 is 3.00 bits per heavy atom. The van der Waals surface area contributed by atoms with E-state index in [9.17, 15) is 0 Å². The van der Waals surface area contributed by atoms with Crippen molar-refractivity contribution in [3.63, 3.8) is 0 Å². The second-order valence-electron chi connectivity index (χ2n) is 3.84. The number of nitrogens with zero attached hydrogens (tertiary/aromatic N) is 2. The van der Waals surface area contributed by atoms with Crippen LogP contribution in [0, 0.1) is 0 Å². The van der Waals surface area contributed by atoms with Crippen molar-refractivity contribution in [3.8, 4) is 0 Å². The van der Waals surface area contributed by atoms with Gasteiger partial charge in [-0.25, -0.2) is 0 Å². The topological polar surface area (TPSA) is 58.0 Å². The molecular formula is C12H15N3O. The van der Waals surface area contributed by atoms with E-state index in [0.29, 0.717) is 13.0 Å². The minimum absolute atomic E-state index is 0.296. The summed E-state index contributed by atoms with van der Waals surface area (Å²) in [6, 6.07) is 7.96. The lowest BCUT2D eigenvalue weighted by molar-refractivity contribution is 0.188. The minimum Gasteiger partial charge on any atom is -0.393 e. The number of aromatic nitrogens is 2. The fourth-order valence-electron chi connectivity index (χ4n) is 1.56. The molecule has 2 aromatic rings. The van der Waals surface area contributed by atoms with Crippen LogP contribution in [0.15, 0.2) is 30.5 Å². The van der Waals surface area contributed by atoms with Crippen molar-refractivity contribution in [2.24, 2.45) is 0 Å². The van der Waals surface area contributed by atoms with Crippen LogP contribution in [0.4, 0.5) is 5.82 Å². The summed E-state index contributed by atoms with van der Waals surface area (Å²) in [7, 11) is 0. The predicted molar refractivity (Wildman–Crippen MR) is 64.3 cm³/mol. The Labute approximate surface area is 94.3 Å². The molecule has 16 heavy (non-hydrogen) atoms. The lowest BCUT2D eigenvalue weighted by Crippen LogP contribution is -2.11. The molecule has 0 amide bonds. The summed E-state index contributed by atoms with van der Waals surface area (Å²) in [6.07, 6.45) is 2.15.